The number of rotatable bonds is 5. The average molecular weight is 364 g/mol. The van der Waals surface area contributed by atoms with Gasteiger partial charge < -0.3 is 10.5 Å². The van der Waals surface area contributed by atoms with Crippen LogP contribution in [0, 0.1) is 0 Å². The van der Waals surface area contributed by atoms with Gasteiger partial charge in [-0.25, -0.2) is 22.7 Å². The van der Waals surface area contributed by atoms with Crippen LogP contribution in [0.3, 0.4) is 0 Å². The van der Waals surface area contributed by atoms with E-state index in [0.29, 0.717) is 0 Å². The number of primary amides is 1. The van der Waals surface area contributed by atoms with Crippen molar-refractivity contribution in [3.8, 4) is 0 Å². The number of halogens is 1. The van der Waals surface area contributed by atoms with Crippen LogP contribution in [0.5, 0.6) is 0 Å². The zero-order chi connectivity index (χ0) is 17.8. The van der Waals surface area contributed by atoms with Crippen molar-refractivity contribution in [2.75, 3.05) is 7.05 Å². The molecular formula is C12H14ClN3O6S. The summed E-state index contributed by atoms with van der Waals surface area (Å²) in [5, 5.41) is 1.68. The highest BCUT2D eigenvalue weighted by Gasteiger charge is 2.23. The maximum absolute atomic E-state index is 12.0. The van der Waals surface area contributed by atoms with E-state index in [1.54, 1.807) is 5.32 Å². The quantitative estimate of drug-likeness (QED) is 0.627. The van der Waals surface area contributed by atoms with E-state index in [2.05, 4.69) is 4.72 Å². The van der Waals surface area contributed by atoms with Crippen LogP contribution < -0.4 is 15.8 Å². The van der Waals surface area contributed by atoms with E-state index in [9.17, 15) is 22.8 Å². The lowest BCUT2D eigenvalue weighted by molar-refractivity contribution is -0.127. The van der Waals surface area contributed by atoms with Crippen LogP contribution in [0.25, 0.3) is 0 Å². The molecule has 1 atom stereocenters. The van der Waals surface area contributed by atoms with Crippen molar-refractivity contribution in [2.45, 2.75) is 17.9 Å². The molecule has 0 aliphatic rings. The van der Waals surface area contributed by atoms with E-state index in [1.165, 1.54) is 26.1 Å². The van der Waals surface area contributed by atoms with E-state index < -0.39 is 34.0 Å². The molecule has 0 saturated carbocycles. The first-order chi connectivity index (χ1) is 10.6. The number of esters is 1. The molecule has 126 valence electrons. The summed E-state index contributed by atoms with van der Waals surface area (Å²) in [6.45, 7) is 1.21. The number of hydrogen-bond donors (Lipinski definition) is 3. The molecule has 0 fully saturated rings. The highest BCUT2D eigenvalue weighted by atomic mass is 35.5. The van der Waals surface area contributed by atoms with Gasteiger partial charge in [0.05, 0.1) is 15.5 Å². The lowest BCUT2D eigenvalue weighted by Gasteiger charge is -2.13. The summed E-state index contributed by atoms with van der Waals surface area (Å²) in [5.41, 5.74) is 4.53. The Hall–Kier alpha value is -2.17. The van der Waals surface area contributed by atoms with Crippen LogP contribution >= 0.6 is 11.6 Å². The average Bonchev–Trinajstić information content (AvgIpc) is 2.46. The summed E-state index contributed by atoms with van der Waals surface area (Å²) in [5.74, 6) is -1.96. The van der Waals surface area contributed by atoms with Crippen LogP contribution in [0.1, 0.15) is 17.3 Å². The molecule has 4 N–H and O–H groups in total. The Morgan fingerprint density at radius 1 is 1.30 bits per heavy atom. The van der Waals surface area contributed by atoms with Crippen molar-refractivity contribution in [3.63, 3.8) is 0 Å². The third-order valence-corrected chi connectivity index (χ3v) is 4.38. The zero-order valence-corrected chi connectivity index (χ0v) is 13.7. The molecule has 3 amide bonds. The Kier molecular flexibility index (Phi) is 6.07. The predicted molar refractivity (Wildman–Crippen MR) is 80.3 cm³/mol. The number of urea groups is 1. The fourth-order valence-electron chi connectivity index (χ4n) is 1.45. The maximum atomic E-state index is 12.0. The molecule has 1 aromatic carbocycles. The van der Waals surface area contributed by atoms with Crippen LogP contribution in [-0.4, -0.2) is 39.5 Å². The molecule has 0 heterocycles. The Morgan fingerprint density at radius 3 is 2.43 bits per heavy atom. The van der Waals surface area contributed by atoms with Gasteiger partial charge in [0.2, 0.25) is 10.0 Å². The number of hydrogen-bond acceptors (Lipinski definition) is 6. The first-order valence-electron chi connectivity index (χ1n) is 6.13. The number of nitrogens with one attached hydrogen (secondary N) is 2. The standard InChI is InChI=1S/C12H14ClN3O6S/c1-6(10(17)16-12(14)19)22-11(18)8-5-7(3-4-9(8)13)23(20,21)15-2/h3-6,15H,1-2H3,(H3,14,16,17,19). The van der Waals surface area contributed by atoms with Crippen LogP contribution in [0.2, 0.25) is 5.02 Å². The fourth-order valence-corrected chi connectivity index (χ4v) is 2.40. The second kappa shape index (κ2) is 7.40. The van der Waals surface area contributed by atoms with Crippen molar-refractivity contribution in [1.29, 1.82) is 0 Å². The zero-order valence-electron chi connectivity index (χ0n) is 12.1. The summed E-state index contributed by atoms with van der Waals surface area (Å²) in [7, 11) is -2.58. The van der Waals surface area contributed by atoms with E-state index in [-0.39, 0.29) is 15.5 Å². The predicted octanol–water partition coefficient (Wildman–Crippen LogP) is -0.0117. The van der Waals surface area contributed by atoms with Gasteiger partial charge in [-0.3, -0.25) is 10.1 Å². The minimum absolute atomic E-state index is 0.0624. The third-order valence-electron chi connectivity index (χ3n) is 2.64. The highest BCUT2D eigenvalue weighted by molar-refractivity contribution is 7.89. The van der Waals surface area contributed by atoms with Gasteiger partial charge in [0.25, 0.3) is 5.91 Å². The van der Waals surface area contributed by atoms with Gasteiger partial charge in [0.1, 0.15) is 0 Å². The van der Waals surface area contributed by atoms with E-state index in [0.717, 1.165) is 6.07 Å². The molecule has 1 aromatic rings. The third kappa shape index (κ3) is 4.91. The number of benzene rings is 1. The SMILES string of the molecule is CNS(=O)(=O)c1ccc(Cl)c(C(=O)OC(C)C(=O)NC(N)=O)c1. The number of imide groups is 1. The molecule has 23 heavy (non-hydrogen) atoms. The van der Waals surface area contributed by atoms with Gasteiger partial charge in [-0.05, 0) is 32.2 Å². The summed E-state index contributed by atoms with van der Waals surface area (Å²) >= 11 is 5.84. The van der Waals surface area contributed by atoms with Crippen LogP contribution in [-0.2, 0) is 19.6 Å². The van der Waals surface area contributed by atoms with Crippen molar-refractivity contribution >= 4 is 39.5 Å². The molecular weight excluding hydrogens is 350 g/mol. The molecule has 9 nitrogen and oxygen atoms in total. The monoisotopic (exact) mass is 363 g/mol. The lowest BCUT2D eigenvalue weighted by atomic mass is 10.2. The minimum Gasteiger partial charge on any atom is -0.449 e. The second-order valence-electron chi connectivity index (χ2n) is 4.25. The lowest BCUT2D eigenvalue weighted by Crippen LogP contribution is -2.42. The van der Waals surface area contributed by atoms with Gasteiger partial charge in [0.15, 0.2) is 6.10 Å². The van der Waals surface area contributed by atoms with Crippen molar-refractivity contribution in [1.82, 2.24) is 10.0 Å². The van der Waals surface area contributed by atoms with Crippen LogP contribution in [0.4, 0.5) is 4.79 Å². The smallest absolute Gasteiger partial charge is 0.340 e. The number of carbonyl (C=O) groups excluding carboxylic acids is 3. The largest absolute Gasteiger partial charge is 0.449 e. The summed E-state index contributed by atoms with van der Waals surface area (Å²) in [6, 6.07) is 2.32. The molecule has 1 rings (SSSR count). The highest BCUT2D eigenvalue weighted by Crippen LogP contribution is 2.21. The first-order valence-corrected chi connectivity index (χ1v) is 7.99. The normalized spacial score (nSPS) is 12.3. The van der Waals surface area contributed by atoms with E-state index in [4.69, 9.17) is 22.1 Å². The number of nitrogens with two attached hydrogens (primary N) is 1. The molecule has 0 aromatic heterocycles. The topological polar surface area (TPSA) is 145 Å². The van der Waals surface area contributed by atoms with E-state index >= 15 is 0 Å². The molecule has 0 radical (unpaired) electrons. The van der Waals surface area contributed by atoms with E-state index in [1.807, 2.05) is 0 Å². The molecule has 0 bridgehead atoms. The number of amides is 3. The Balaban J connectivity index is 3.02. The van der Waals surface area contributed by atoms with Gasteiger partial charge >= 0.3 is 12.0 Å². The molecule has 11 heteroatoms. The summed E-state index contributed by atoms with van der Waals surface area (Å²) in [4.78, 5) is 33.8. The van der Waals surface area contributed by atoms with Gasteiger partial charge in [-0.15, -0.1) is 0 Å². The molecule has 0 aliphatic heterocycles. The van der Waals surface area contributed by atoms with Gasteiger partial charge in [-0.2, -0.15) is 0 Å². The second-order valence-corrected chi connectivity index (χ2v) is 6.54. The Morgan fingerprint density at radius 2 is 1.91 bits per heavy atom. The summed E-state index contributed by atoms with van der Waals surface area (Å²) in [6.07, 6.45) is -1.34. The number of ether oxygens (including phenoxy) is 1. The molecule has 1 unspecified atom stereocenters. The van der Waals surface area contributed by atoms with Gasteiger partial charge in [-0.1, -0.05) is 11.6 Å². The van der Waals surface area contributed by atoms with Crippen LogP contribution in [0.15, 0.2) is 23.1 Å². The molecule has 0 spiro atoms. The number of sulfonamides is 1. The first kappa shape index (κ1) is 18.9. The number of carbonyl (C=O) groups is 3. The summed E-state index contributed by atoms with van der Waals surface area (Å²) < 4.78 is 30.3. The molecule has 0 aliphatic carbocycles. The Labute approximate surface area is 137 Å². The van der Waals surface area contributed by atoms with Crippen molar-refractivity contribution < 1.29 is 27.5 Å². The van der Waals surface area contributed by atoms with Crippen molar-refractivity contribution in [3.05, 3.63) is 28.8 Å². The van der Waals surface area contributed by atoms with Crippen molar-refractivity contribution in [2.24, 2.45) is 5.73 Å². The Bertz CT molecular complexity index is 749. The fraction of sp³-hybridized carbons (Fsp3) is 0.250. The molecule has 0 saturated heterocycles. The maximum Gasteiger partial charge on any atom is 0.340 e. The van der Waals surface area contributed by atoms with Gasteiger partial charge in [0, 0.05) is 0 Å². The minimum atomic E-state index is -3.79.